The number of halogens is 3. The Hall–Kier alpha value is -2.97. The van der Waals surface area contributed by atoms with Crippen LogP contribution in [0.5, 0.6) is 0 Å². The molecule has 0 aliphatic heterocycles. The first-order chi connectivity index (χ1) is 13.8. The molecule has 0 saturated carbocycles. The Bertz CT molecular complexity index is 985. The van der Waals surface area contributed by atoms with Crippen LogP contribution in [0.2, 0.25) is 0 Å². The highest BCUT2D eigenvalue weighted by atomic mass is 19.4. The molecule has 0 amide bonds. The number of fused-ring (bicyclic) bond motifs is 1. The molecule has 0 radical (unpaired) electrons. The third kappa shape index (κ3) is 5.75. The minimum atomic E-state index is -4.07. The number of pyridine rings is 2. The summed E-state index contributed by atoms with van der Waals surface area (Å²) in [6, 6.07) is 4.70. The lowest BCUT2D eigenvalue weighted by molar-refractivity contribution is -0.135. The fourth-order valence-corrected chi connectivity index (χ4v) is 3.12. The van der Waals surface area contributed by atoms with E-state index >= 15 is 0 Å². The largest absolute Gasteiger partial charge is 0.478 e. The van der Waals surface area contributed by atoms with Gasteiger partial charge in [-0.3, -0.25) is 14.6 Å². The van der Waals surface area contributed by atoms with Crippen molar-refractivity contribution in [3.8, 4) is 11.4 Å². The van der Waals surface area contributed by atoms with Crippen molar-refractivity contribution in [3.63, 3.8) is 0 Å². The number of hydrogen-bond acceptors (Lipinski definition) is 4. The number of aryl methyl sites for hydroxylation is 1. The number of carbonyl (C=O) groups is 1. The van der Waals surface area contributed by atoms with Crippen molar-refractivity contribution >= 4 is 16.9 Å². The van der Waals surface area contributed by atoms with E-state index in [4.69, 9.17) is 5.11 Å². The smallest absolute Gasteiger partial charge is 0.389 e. The number of aromatic carboxylic acids is 1. The maximum Gasteiger partial charge on any atom is 0.389 e. The molecule has 29 heavy (non-hydrogen) atoms. The van der Waals surface area contributed by atoms with Gasteiger partial charge >= 0.3 is 12.1 Å². The molecule has 0 bridgehead atoms. The Morgan fingerprint density at radius 2 is 1.72 bits per heavy atom. The summed E-state index contributed by atoms with van der Waals surface area (Å²) in [4.78, 5) is 19.7. The van der Waals surface area contributed by atoms with E-state index in [2.05, 4.69) is 15.1 Å². The number of alkyl halides is 3. The van der Waals surface area contributed by atoms with E-state index in [-0.39, 0.29) is 12.0 Å². The normalized spacial score (nSPS) is 11.8. The molecule has 6 nitrogen and oxygen atoms in total. The zero-order valence-corrected chi connectivity index (χ0v) is 15.7. The molecule has 9 heteroatoms. The second kappa shape index (κ2) is 9.02. The molecule has 0 saturated heterocycles. The quantitative estimate of drug-likeness (QED) is 0.501. The first kappa shape index (κ1) is 20.8. The average Bonchev–Trinajstić information content (AvgIpc) is 3.08. The van der Waals surface area contributed by atoms with E-state index in [0.717, 1.165) is 30.2 Å². The molecule has 0 aliphatic carbocycles. The first-order valence-corrected chi connectivity index (χ1v) is 9.41. The highest BCUT2D eigenvalue weighted by Gasteiger charge is 2.25. The van der Waals surface area contributed by atoms with Crippen molar-refractivity contribution in [3.05, 3.63) is 42.4 Å². The summed E-state index contributed by atoms with van der Waals surface area (Å²) in [5.41, 5.74) is 2.02. The minimum absolute atomic E-state index is 0.142. The molecule has 3 heterocycles. The molecule has 3 aromatic heterocycles. The first-order valence-electron chi connectivity index (χ1n) is 9.41. The van der Waals surface area contributed by atoms with Gasteiger partial charge in [-0.2, -0.15) is 18.3 Å². The van der Waals surface area contributed by atoms with Crippen LogP contribution in [0.4, 0.5) is 13.2 Å². The second-order valence-electron chi connectivity index (χ2n) is 6.86. The van der Waals surface area contributed by atoms with Crippen molar-refractivity contribution in [1.82, 2.24) is 19.7 Å². The van der Waals surface area contributed by atoms with E-state index in [0.29, 0.717) is 24.4 Å². The van der Waals surface area contributed by atoms with Crippen molar-refractivity contribution in [2.75, 3.05) is 0 Å². The van der Waals surface area contributed by atoms with Crippen LogP contribution in [0.1, 0.15) is 48.9 Å². The summed E-state index contributed by atoms with van der Waals surface area (Å²) in [5.74, 6) is -1.03. The Morgan fingerprint density at radius 3 is 2.48 bits per heavy atom. The van der Waals surface area contributed by atoms with Crippen LogP contribution >= 0.6 is 0 Å². The lowest BCUT2D eigenvalue weighted by Gasteiger charge is -2.06. The zero-order valence-electron chi connectivity index (χ0n) is 15.7. The van der Waals surface area contributed by atoms with Crippen LogP contribution < -0.4 is 0 Å². The van der Waals surface area contributed by atoms with E-state index < -0.39 is 18.6 Å². The number of carboxylic acid groups (broad SMARTS) is 1. The lowest BCUT2D eigenvalue weighted by atomic mass is 10.1. The Morgan fingerprint density at radius 1 is 1.00 bits per heavy atom. The average molecular weight is 406 g/mol. The molecular formula is C20H21F3N4O2. The van der Waals surface area contributed by atoms with Gasteiger partial charge < -0.3 is 5.11 Å². The van der Waals surface area contributed by atoms with Gasteiger partial charge in [0.15, 0.2) is 0 Å². The number of carboxylic acids is 1. The van der Waals surface area contributed by atoms with Crippen molar-refractivity contribution < 1.29 is 23.1 Å². The van der Waals surface area contributed by atoms with Gasteiger partial charge in [-0.05, 0) is 31.0 Å². The number of aromatic nitrogens is 4. The summed E-state index contributed by atoms with van der Waals surface area (Å²) >= 11 is 0. The molecule has 1 N–H and O–H groups in total. The maximum absolute atomic E-state index is 12.1. The number of hydrogen-bond donors (Lipinski definition) is 1. The Kier molecular flexibility index (Phi) is 6.46. The van der Waals surface area contributed by atoms with Crippen molar-refractivity contribution in [1.29, 1.82) is 0 Å². The fourth-order valence-electron chi connectivity index (χ4n) is 3.12. The standard InChI is InChI=1S/C20H21F3N4O2/c21-20(22,23)7-4-2-1-3-5-9-27-18-13-25-17(11-15(18)12-26-27)16-10-14(19(28)29)6-8-24-16/h6,8,10-13H,1-5,7,9H2,(H,28,29). The molecule has 0 aromatic carbocycles. The summed E-state index contributed by atoms with van der Waals surface area (Å²) < 4.78 is 38.2. The van der Waals surface area contributed by atoms with Gasteiger partial charge in [0.2, 0.25) is 0 Å². The summed E-state index contributed by atoms with van der Waals surface area (Å²) in [5, 5.41) is 14.3. The number of unbranched alkanes of at least 4 members (excludes halogenated alkanes) is 4. The fraction of sp³-hybridized carbons (Fsp3) is 0.400. The zero-order chi connectivity index (χ0) is 20.9. The molecule has 0 aliphatic rings. The van der Waals surface area contributed by atoms with Gasteiger partial charge in [0.05, 0.1) is 34.9 Å². The van der Waals surface area contributed by atoms with Crippen molar-refractivity contribution in [2.24, 2.45) is 0 Å². The highest BCUT2D eigenvalue weighted by molar-refractivity contribution is 5.89. The number of rotatable bonds is 9. The van der Waals surface area contributed by atoms with E-state index in [1.807, 2.05) is 10.7 Å². The van der Waals surface area contributed by atoms with Crippen LogP contribution in [0, 0.1) is 0 Å². The number of nitrogens with zero attached hydrogens (tertiary/aromatic N) is 4. The summed E-state index contributed by atoms with van der Waals surface area (Å²) in [6.45, 7) is 0.663. The molecule has 3 rings (SSSR count). The molecule has 0 atom stereocenters. The molecule has 154 valence electrons. The topological polar surface area (TPSA) is 80.9 Å². The van der Waals surface area contributed by atoms with Crippen LogP contribution in [-0.2, 0) is 6.54 Å². The van der Waals surface area contributed by atoms with Crippen molar-refractivity contribution in [2.45, 2.75) is 51.2 Å². The third-order valence-corrected chi connectivity index (χ3v) is 4.63. The van der Waals surface area contributed by atoms with Crippen LogP contribution in [0.3, 0.4) is 0 Å². The predicted octanol–water partition coefficient (Wildman–Crippen LogP) is 5.09. The molecule has 0 spiro atoms. The van der Waals surface area contributed by atoms with Crippen LogP contribution in [0.25, 0.3) is 22.3 Å². The lowest BCUT2D eigenvalue weighted by Crippen LogP contribution is -2.06. The van der Waals surface area contributed by atoms with E-state index in [1.54, 1.807) is 12.4 Å². The minimum Gasteiger partial charge on any atom is -0.478 e. The van der Waals surface area contributed by atoms with Gasteiger partial charge in [0, 0.05) is 24.5 Å². The van der Waals surface area contributed by atoms with Gasteiger partial charge in [0.1, 0.15) is 0 Å². The van der Waals surface area contributed by atoms with Gasteiger partial charge in [-0.25, -0.2) is 4.79 Å². The van der Waals surface area contributed by atoms with Gasteiger partial charge in [-0.1, -0.05) is 19.3 Å². The van der Waals surface area contributed by atoms with Gasteiger partial charge in [-0.15, -0.1) is 0 Å². The molecule has 0 unspecified atom stereocenters. The summed E-state index contributed by atoms with van der Waals surface area (Å²) in [6.07, 6.45) is 3.24. The molecular weight excluding hydrogens is 385 g/mol. The Labute approximate surface area is 165 Å². The monoisotopic (exact) mass is 406 g/mol. The third-order valence-electron chi connectivity index (χ3n) is 4.63. The van der Waals surface area contributed by atoms with Gasteiger partial charge in [0.25, 0.3) is 0 Å². The van der Waals surface area contributed by atoms with Crippen LogP contribution in [0.15, 0.2) is 36.8 Å². The molecule has 3 aromatic rings. The van der Waals surface area contributed by atoms with Crippen LogP contribution in [-0.4, -0.2) is 37.0 Å². The van der Waals surface area contributed by atoms with E-state index in [1.165, 1.54) is 18.3 Å². The SMILES string of the molecule is O=C(O)c1ccnc(-c2cc3cnn(CCCCCCCC(F)(F)F)c3cn2)c1. The summed E-state index contributed by atoms with van der Waals surface area (Å²) in [7, 11) is 0. The molecule has 0 fully saturated rings. The second-order valence-corrected chi connectivity index (χ2v) is 6.86. The highest BCUT2D eigenvalue weighted by Crippen LogP contribution is 2.24. The predicted molar refractivity (Wildman–Crippen MR) is 101 cm³/mol. The Balaban J connectivity index is 1.57. The maximum atomic E-state index is 12.1. The van der Waals surface area contributed by atoms with E-state index in [9.17, 15) is 18.0 Å².